The van der Waals surface area contributed by atoms with Gasteiger partial charge in [-0.25, -0.2) is 0 Å². The molecule has 124 valence electrons. The van der Waals surface area contributed by atoms with E-state index in [1.54, 1.807) is 0 Å². The van der Waals surface area contributed by atoms with E-state index in [4.69, 9.17) is 15.2 Å². The largest absolute Gasteiger partial charge is 0.490 e. The Kier molecular flexibility index (Phi) is 4.70. The van der Waals surface area contributed by atoms with Gasteiger partial charge in [-0.05, 0) is 42.0 Å². The van der Waals surface area contributed by atoms with Crippen molar-refractivity contribution in [3.05, 3.63) is 60.3 Å². The predicted molar refractivity (Wildman–Crippen MR) is 94.0 cm³/mol. The lowest BCUT2D eigenvalue weighted by Crippen LogP contribution is -2.09. The standard InChI is InChI=1S/C19H20N2O3/c1-14(22)23-9-10-24-18-4-2-3-15(11-18)13-21-8-7-16-12-17(20)5-6-19(16)21/h2-8,11-12H,9-10,13,20H2,1H3. The van der Waals surface area contributed by atoms with Gasteiger partial charge in [0, 0.05) is 36.3 Å². The first-order valence-corrected chi connectivity index (χ1v) is 7.81. The number of fused-ring (bicyclic) bond motifs is 1. The molecule has 0 unspecified atom stereocenters. The monoisotopic (exact) mass is 324 g/mol. The molecule has 0 spiro atoms. The Morgan fingerprint density at radius 2 is 2.00 bits per heavy atom. The minimum absolute atomic E-state index is 0.253. The second-order valence-electron chi connectivity index (χ2n) is 5.60. The van der Waals surface area contributed by atoms with Gasteiger partial charge in [-0.15, -0.1) is 0 Å². The van der Waals surface area contributed by atoms with Gasteiger partial charge in [0.15, 0.2) is 0 Å². The zero-order chi connectivity index (χ0) is 16.9. The summed E-state index contributed by atoms with van der Waals surface area (Å²) in [6.07, 6.45) is 2.05. The molecule has 2 N–H and O–H groups in total. The van der Waals surface area contributed by atoms with E-state index in [1.165, 1.54) is 6.92 Å². The molecule has 1 heterocycles. The molecule has 0 radical (unpaired) electrons. The van der Waals surface area contributed by atoms with Gasteiger partial charge in [-0.1, -0.05) is 12.1 Å². The third-order valence-electron chi connectivity index (χ3n) is 3.70. The molecule has 0 saturated carbocycles. The number of aromatic nitrogens is 1. The lowest BCUT2D eigenvalue weighted by atomic mass is 10.2. The summed E-state index contributed by atoms with van der Waals surface area (Å²) in [6, 6.07) is 15.9. The van der Waals surface area contributed by atoms with Gasteiger partial charge >= 0.3 is 5.97 Å². The molecule has 2 aromatic carbocycles. The van der Waals surface area contributed by atoms with Crippen molar-refractivity contribution in [2.75, 3.05) is 18.9 Å². The molecule has 5 heteroatoms. The second-order valence-corrected chi connectivity index (χ2v) is 5.60. The third kappa shape index (κ3) is 3.87. The number of carbonyl (C=O) groups is 1. The van der Waals surface area contributed by atoms with E-state index in [1.807, 2.05) is 36.4 Å². The first-order valence-electron chi connectivity index (χ1n) is 7.81. The fourth-order valence-corrected chi connectivity index (χ4v) is 2.63. The lowest BCUT2D eigenvalue weighted by Gasteiger charge is -2.10. The Bertz CT molecular complexity index is 855. The minimum Gasteiger partial charge on any atom is -0.490 e. The van der Waals surface area contributed by atoms with Crippen molar-refractivity contribution in [2.45, 2.75) is 13.5 Å². The Balaban J connectivity index is 1.68. The van der Waals surface area contributed by atoms with E-state index in [0.29, 0.717) is 6.61 Å². The minimum atomic E-state index is -0.299. The molecule has 24 heavy (non-hydrogen) atoms. The zero-order valence-corrected chi connectivity index (χ0v) is 13.6. The van der Waals surface area contributed by atoms with Crippen molar-refractivity contribution >= 4 is 22.6 Å². The van der Waals surface area contributed by atoms with Crippen LogP contribution in [0.15, 0.2) is 54.7 Å². The third-order valence-corrected chi connectivity index (χ3v) is 3.70. The number of hydrogen-bond acceptors (Lipinski definition) is 4. The Morgan fingerprint density at radius 1 is 1.12 bits per heavy atom. The average molecular weight is 324 g/mol. The van der Waals surface area contributed by atoms with Crippen molar-refractivity contribution in [3.8, 4) is 5.75 Å². The molecule has 0 atom stereocenters. The summed E-state index contributed by atoms with van der Waals surface area (Å²) in [7, 11) is 0. The molecule has 5 nitrogen and oxygen atoms in total. The molecule has 0 fully saturated rings. The van der Waals surface area contributed by atoms with Crippen LogP contribution in [0.2, 0.25) is 0 Å². The number of ether oxygens (including phenoxy) is 2. The van der Waals surface area contributed by atoms with Crippen molar-refractivity contribution in [1.82, 2.24) is 4.57 Å². The molecule has 1 aromatic heterocycles. The molecule has 0 aliphatic carbocycles. The van der Waals surface area contributed by atoms with Gasteiger partial charge in [0.25, 0.3) is 0 Å². The smallest absolute Gasteiger partial charge is 0.302 e. The number of carbonyl (C=O) groups excluding carboxylic acids is 1. The van der Waals surface area contributed by atoms with E-state index in [-0.39, 0.29) is 12.6 Å². The highest BCUT2D eigenvalue weighted by atomic mass is 16.6. The van der Waals surface area contributed by atoms with E-state index >= 15 is 0 Å². The molecular formula is C19H20N2O3. The van der Waals surface area contributed by atoms with Crippen LogP contribution in [0.25, 0.3) is 10.9 Å². The van der Waals surface area contributed by atoms with Crippen molar-refractivity contribution in [2.24, 2.45) is 0 Å². The van der Waals surface area contributed by atoms with Crippen LogP contribution in [-0.4, -0.2) is 23.8 Å². The fraction of sp³-hybridized carbons (Fsp3) is 0.211. The van der Waals surface area contributed by atoms with Crippen LogP contribution in [0.4, 0.5) is 5.69 Å². The van der Waals surface area contributed by atoms with Crippen molar-refractivity contribution < 1.29 is 14.3 Å². The highest BCUT2D eigenvalue weighted by molar-refractivity contribution is 5.83. The number of nitrogen functional groups attached to an aromatic ring is 1. The van der Waals surface area contributed by atoms with Gasteiger partial charge in [0.05, 0.1) is 0 Å². The van der Waals surface area contributed by atoms with E-state index in [2.05, 4.69) is 22.9 Å². The van der Waals surface area contributed by atoms with Crippen LogP contribution < -0.4 is 10.5 Å². The van der Waals surface area contributed by atoms with Crippen LogP contribution in [0.1, 0.15) is 12.5 Å². The van der Waals surface area contributed by atoms with E-state index < -0.39 is 0 Å². The predicted octanol–water partition coefficient (Wildman–Crippen LogP) is 3.21. The summed E-state index contributed by atoms with van der Waals surface area (Å²) in [5.41, 5.74) is 8.87. The Labute approximate surface area is 140 Å². The number of hydrogen-bond donors (Lipinski definition) is 1. The maximum absolute atomic E-state index is 10.7. The molecule has 3 aromatic rings. The van der Waals surface area contributed by atoms with Gasteiger partial charge in [-0.2, -0.15) is 0 Å². The Hall–Kier alpha value is -2.95. The second kappa shape index (κ2) is 7.08. The molecule has 0 bridgehead atoms. The fourth-order valence-electron chi connectivity index (χ4n) is 2.63. The van der Waals surface area contributed by atoms with E-state index in [9.17, 15) is 4.79 Å². The number of rotatable bonds is 6. The van der Waals surface area contributed by atoms with Crippen LogP contribution in [0.5, 0.6) is 5.75 Å². The normalized spacial score (nSPS) is 10.7. The topological polar surface area (TPSA) is 66.5 Å². The maximum Gasteiger partial charge on any atom is 0.302 e. The highest BCUT2D eigenvalue weighted by Gasteiger charge is 2.04. The summed E-state index contributed by atoms with van der Waals surface area (Å²) >= 11 is 0. The number of anilines is 1. The number of esters is 1. The van der Waals surface area contributed by atoms with Gasteiger partial charge < -0.3 is 19.8 Å². The zero-order valence-electron chi connectivity index (χ0n) is 13.6. The maximum atomic E-state index is 10.7. The summed E-state index contributed by atoms with van der Waals surface area (Å²) in [6.45, 7) is 2.72. The molecular weight excluding hydrogens is 304 g/mol. The van der Waals surface area contributed by atoms with Crippen LogP contribution in [-0.2, 0) is 16.1 Å². The number of nitrogens with zero attached hydrogens (tertiary/aromatic N) is 1. The first-order chi connectivity index (χ1) is 11.6. The molecule has 0 amide bonds. The van der Waals surface area contributed by atoms with Crippen molar-refractivity contribution in [1.29, 1.82) is 0 Å². The van der Waals surface area contributed by atoms with E-state index in [0.717, 1.165) is 34.4 Å². The SMILES string of the molecule is CC(=O)OCCOc1cccc(Cn2ccc3cc(N)ccc32)c1. The average Bonchev–Trinajstić information content (AvgIpc) is 2.94. The van der Waals surface area contributed by atoms with Gasteiger partial charge in [0.1, 0.15) is 19.0 Å². The molecule has 3 rings (SSSR count). The summed E-state index contributed by atoms with van der Waals surface area (Å²) in [5, 5.41) is 1.13. The number of nitrogens with two attached hydrogens (primary N) is 1. The van der Waals surface area contributed by atoms with Crippen LogP contribution >= 0.6 is 0 Å². The lowest BCUT2D eigenvalue weighted by molar-refractivity contribution is -0.141. The number of benzene rings is 2. The first kappa shape index (κ1) is 15.9. The molecule has 0 aliphatic heterocycles. The quantitative estimate of drug-likeness (QED) is 0.429. The van der Waals surface area contributed by atoms with Crippen molar-refractivity contribution in [3.63, 3.8) is 0 Å². The highest BCUT2D eigenvalue weighted by Crippen LogP contribution is 2.21. The van der Waals surface area contributed by atoms with Gasteiger partial charge in [-0.3, -0.25) is 4.79 Å². The summed E-state index contributed by atoms with van der Waals surface area (Å²) < 4.78 is 12.6. The van der Waals surface area contributed by atoms with Crippen LogP contribution in [0.3, 0.4) is 0 Å². The molecule has 0 saturated heterocycles. The summed E-state index contributed by atoms with van der Waals surface area (Å²) in [4.78, 5) is 10.7. The summed E-state index contributed by atoms with van der Waals surface area (Å²) in [5.74, 6) is 0.466. The Morgan fingerprint density at radius 3 is 2.83 bits per heavy atom. The van der Waals surface area contributed by atoms with Gasteiger partial charge in [0.2, 0.25) is 0 Å². The van der Waals surface area contributed by atoms with Crippen LogP contribution in [0, 0.1) is 0 Å². The molecule has 0 aliphatic rings.